The van der Waals surface area contributed by atoms with Crippen molar-refractivity contribution in [1.29, 1.82) is 0 Å². The van der Waals surface area contributed by atoms with Crippen molar-refractivity contribution in [2.45, 2.75) is 26.4 Å². The van der Waals surface area contributed by atoms with Crippen molar-refractivity contribution in [3.63, 3.8) is 0 Å². The molecule has 0 unspecified atom stereocenters. The average molecular weight is 196 g/mol. The molecule has 1 rings (SSSR count). The molecule has 1 aromatic rings. The number of hydrogen-bond acceptors (Lipinski definition) is 3. The zero-order chi connectivity index (χ0) is 10.6. The van der Waals surface area contributed by atoms with E-state index in [1.807, 2.05) is 13.8 Å². The molecule has 4 heteroatoms. The normalized spacial score (nSPS) is 12.9. The van der Waals surface area contributed by atoms with Crippen molar-refractivity contribution < 1.29 is 9.21 Å². The third kappa shape index (κ3) is 2.88. The van der Waals surface area contributed by atoms with E-state index in [2.05, 4.69) is 5.32 Å². The Kier molecular flexibility index (Phi) is 3.71. The second kappa shape index (κ2) is 4.81. The van der Waals surface area contributed by atoms with Gasteiger partial charge in [-0.15, -0.1) is 0 Å². The number of carbonyl (C=O) groups excluding carboxylic acids is 1. The molecule has 0 radical (unpaired) electrons. The molecule has 4 nitrogen and oxygen atoms in total. The standard InChI is InChI=1S/C10H16N2O2/c1-7(2)9(11)10(13)12-6-8-4-3-5-14-8/h3-5,7,9H,6,11H2,1-2H3,(H,12,13)/t9-/m0/s1. The van der Waals surface area contributed by atoms with Gasteiger partial charge in [0.05, 0.1) is 18.8 Å². The number of furan rings is 1. The second-order valence-corrected chi connectivity index (χ2v) is 3.57. The minimum absolute atomic E-state index is 0.142. The summed E-state index contributed by atoms with van der Waals surface area (Å²) in [4.78, 5) is 11.4. The van der Waals surface area contributed by atoms with Gasteiger partial charge in [0.2, 0.25) is 5.91 Å². The molecular weight excluding hydrogens is 180 g/mol. The molecule has 0 saturated carbocycles. The Bertz CT molecular complexity index is 280. The minimum Gasteiger partial charge on any atom is -0.467 e. The summed E-state index contributed by atoms with van der Waals surface area (Å²) in [6.07, 6.45) is 1.57. The van der Waals surface area contributed by atoms with Gasteiger partial charge in [0.25, 0.3) is 0 Å². The van der Waals surface area contributed by atoms with Crippen LogP contribution in [-0.4, -0.2) is 11.9 Å². The van der Waals surface area contributed by atoms with Gasteiger partial charge in [-0.2, -0.15) is 0 Å². The largest absolute Gasteiger partial charge is 0.467 e. The van der Waals surface area contributed by atoms with Gasteiger partial charge in [0.15, 0.2) is 0 Å². The predicted octanol–water partition coefficient (Wildman–Crippen LogP) is 0.879. The van der Waals surface area contributed by atoms with E-state index in [4.69, 9.17) is 10.2 Å². The fraction of sp³-hybridized carbons (Fsp3) is 0.500. The van der Waals surface area contributed by atoms with Crippen LogP contribution in [0.4, 0.5) is 0 Å². The Hall–Kier alpha value is -1.29. The third-order valence-corrected chi connectivity index (χ3v) is 2.04. The first-order chi connectivity index (χ1) is 6.61. The highest BCUT2D eigenvalue weighted by atomic mass is 16.3. The predicted molar refractivity (Wildman–Crippen MR) is 53.4 cm³/mol. The zero-order valence-electron chi connectivity index (χ0n) is 8.49. The van der Waals surface area contributed by atoms with Crippen LogP contribution in [0, 0.1) is 5.92 Å². The highest BCUT2D eigenvalue weighted by molar-refractivity contribution is 5.81. The van der Waals surface area contributed by atoms with Crippen LogP contribution < -0.4 is 11.1 Å². The van der Waals surface area contributed by atoms with E-state index in [0.717, 1.165) is 5.76 Å². The Labute approximate surface area is 83.5 Å². The molecule has 1 aromatic heterocycles. The molecule has 78 valence electrons. The molecule has 0 aliphatic carbocycles. The van der Waals surface area contributed by atoms with Gasteiger partial charge < -0.3 is 15.5 Å². The first-order valence-electron chi connectivity index (χ1n) is 4.67. The molecule has 0 aromatic carbocycles. The van der Waals surface area contributed by atoms with Crippen LogP contribution in [0.15, 0.2) is 22.8 Å². The molecule has 3 N–H and O–H groups in total. The molecule has 0 spiro atoms. The van der Waals surface area contributed by atoms with Crippen molar-refractivity contribution in [2.24, 2.45) is 11.7 Å². The topological polar surface area (TPSA) is 68.3 Å². The Morgan fingerprint density at radius 2 is 2.36 bits per heavy atom. The Morgan fingerprint density at radius 3 is 2.86 bits per heavy atom. The number of hydrogen-bond donors (Lipinski definition) is 2. The lowest BCUT2D eigenvalue weighted by Crippen LogP contribution is -2.43. The first kappa shape index (κ1) is 10.8. The van der Waals surface area contributed by atoms with Crippen molar-refractivity contribution in [1.82, 2.24) is 5.32 Å². The molecule has 0 saturated heterocycles. The summed E-state index contributed by atoms with van der Waals surface area (Å²) in [6, 6.07) is 3.13. The lowest BCUT2D eigenvalue weighted by molar-refractivity contribution is -0.123. The van der Waals surface area contributed by atoms with Gasteiger partial charge >= 0.3 is 0 Å². The van der Waals surface area contributed by atoms with Gasteiger partial charge in [0, 0.05) is 0 Å². The molecular formula is C10H16N2O2. The third-order valence-electron chi connectivity index (χ3n) is 2.04. The van der Waals surface area contributed by atoms with E-state index in [0.29, 0.717) is 6.54 Å². The molecule has 14 heavy (non-hydrogen) atoms. The quantitative estimate of drug-likeness (QED) is 0.751. The number of nitrogens with two attached hydrogens (primary N) is 1. The van der Waals surface area contributed by atoms with E-state index in [1.165, 1.54) is 0 Å². The summed E-state index contributed by atoms with van der Waals surface area (Å²) in [5, 5.41) is 2.71. The number of rotatable bonds is 4. The molecule has 0 aliphatic heterocycles. The highest BCUT2D eigenvalue weighted by Crippen LogP contribution is 2.01. The molecule has 0 bridgehead atoms. The Balaban J connectivity index is 2.35. The lowest BCUT2D eigenvalue weighted by Gasteiger charge is -2.14. The molecule has 1 atom stereocenters. The summed E-state index contributed by atoms with van der Waals surface area (Å²) >= 11 is 0. The summed E-state index contributed by atoms with van der Waals surface area (Å²) < 4.78 is 5.07. The molecule has 0 aliphatic rings. The maximum absolute atomic E-state index is 11.4. The molecule has 1 amide bonds. The van der Waals surface area contributed by atoms with E-state index in [-0.39, 0.29) is 11.8 Å². The van der Waals surface area contributed by atoms with E-state index < -0.39 is 6.04 Å². The van der Waals surface area contributed by atoms with Crippen molar-refractivity contribution in [2.75, 3.05) is 0 Å². The zero-order valence-corrected chi connectivity index (χ0v) is 8.49. The van der Waals surface area contributed by atoms with Gasteiger partial charge in [-0.3, -0.25) is 4.79 Å². The number of carbonyl (C=O) groups is 1. The van der Waals surface area contributed by atoms with Crippen LogP contribution in [0.5, 0.6) is 0 Å². The number of amides is 1. The Morgan fingerprint density at radius 1 is 1.64 bits per heavy atom. The van der Waals surface area contributed by atoms with Gasteiger partial charge in [0.1, 0.15) is 5.76 Å². The van der Waals surface area contributed by atoms with Crippen LogP contribution >= 0.6 is 0 Å². The summed E-state index contributed by atoms with van der Waals surface area (Å²) in [5.74, 6) is 0.734. The summed E-state index contributed by atoms with van der Waals surface area (Å²) in [6.45, 7) is 4.22. The van der Waals surface area contributed by atoms with Gasteiger partial charge in [-0.05, 0) is 18.1 Å². The van der Waals surface area contributed by atoms with Crippen molar-refractivity contribution >= 4 is 5.91 Å². The lowest BCUT2D eigenvalue weighted by atomic mass is 10.1. The monoisotopic (exact) mass is 196 g/mol. The van der Waals surface area contributed by atoms with Crippen molar-refractivity contribution in [3.8, 4) is 0 Å². The first-order valence-corrected chi connectivity index (χ1v) is 4.67. The second-order valence-electron chi connectivity index (χ2n) is 3.57. The van der Waals surface area contributed by atoms with Crippen LogP contribution in [0.2, 0.25) is 0 Å². The van der Waals surface area contributed by atoms with Crippen molar-refractivity contribution in [3.05, 3.63) is 24.2 Å². The van der Waals surface area contributed by atoms with Crippen LogP contribution in [0.3, 0.4) is 0 Å². The van der Waals surface area contributed by atoms with Crippen LogP contribution in [0.1, 0.15) is 19.6 Å². The summed E-state index contributed by atoms with van der Waals surface area (Å²) in [5.41, 5.74) is 5.66. The highest BCUT2D eigenvalue weighted by Gasteiger charge is 2.16. The fourth-order valence-corrected chi connectivity index (χ4v) is 1.01. The average Bonchev–Trinajstić information content (AvgIpc) is 2.65. The van der Waals surface area contributed by atoms with E-state index in [1.54, 1.807) is 18.4 Å². The van der Waals surface area contributed by atoms with Crippen LogP contribution in [0.25, 0.3) is 0 Å². The maximum Gasteiger partial charge on any atom is 0.237 e. The molecule has 1 heterocycles. The van der Waals surface area contributed by atoms with Gasteiger partial charge in [-0.1, -0.05) is 13.8 Å². The van der Waals surface area contributed by atoms with E-state index in [9.17, 15) is 4.79 Å². The fourth-order valence-electron chi connectivity index (χ4n) is 1.01. The number of nitrogens with one attached hydrogen (secondary N) is 1. The molecule has 0 fully saturated rings. The maximum atomic E-state index is 11.4. The smallest absolute Gasteiger partial charge is 0.237 e. The van der Waals surface area contributed by atoms with Gasteiger partial charge in [-0.25, -0.2) is 0 Å². The minimum atomic E-state index is -0.454. The summed E-state index contributed by atoms with van der Waals surface area (Å²) in [7, 11) is 0. The van der Waals surface area contributed by atoms with Crippen LogP contribution in [-0.2, 0) is 11.3 Å². The SMILES string of the molecule is CC(C)[C@H](N)C(=O)NCc1ccco1. The van der Waals surface area contributed by atoms with E-state index >= 15 is 0 Å².